The van der Waals surface area contributed by atoms with Crippen LogP contribution in [-0.4, -0.2) is 5.91 Å². The molecule has 0 aromatic carbocycles. The summed E-state index contributed by atoms with van der Waals surface area (Å²) < 4.78 is 0. The molecule has 0 saturated heterocycles. The second kappa shape index (κ2) is 4.94. The smallest absolute Gasteiger partial charge is 0.228 e. The van der Waals surface area contributed by atoms with Crippen molar-refractivity contribution in [3.05, 3.63) is 47.7 Å². The van der Waals surface area contributed by atoms with Gasteiger partial charge in [-0.2, -0.15) is 11.3 Å². The van der Waals surface area contributed by atoms with Crippen molar-refractivity contribution in [1.82, 2.24) is 0 Å². The molecule has 0 fully saturated rings. The number of rotatable bonds is 6. The Morgan fingerprint density at radius 1 is 1.47 bits per heavy atom. The van der Waals surface area contributed by atoms with Crippen molar-refractivity contribution in [2.45, 2.75) is 18.3 Å². The predicted octanol–water partition coefficient (Wildman–Crippen LogP) is 2.62. The van der Waals surface area contributed by atoms with Crippen molar-refractivity contribution in [2.75, 3.05) is 0 Å². The number of hydrogen-bond acceptors (Lipinski definition) is 2. The number of allylic oxidation sites excluding steroid dienone is 2. The second-order valence-corrected chi connectivity index (χ2v) is 4.22. The summed E-state index contributed by atoms with van der Waals surface area (Å²) in [6.45, 7) is 7.36. The zero-order valence-electron chi connectivity index (χ0n) is 8.61. The first kappa shape index (κ1) is 11.7. The highest BCUT2D eigenvalue weighted by Gasteiger charge is 2.36. The molecule has 2 nitrogen and oxygen atoms in total. The molecule has 80 valence electrons. The lowest BCUT2D eigenvalue weighted by Gasteiger charge is -2.27. The summed E-state index contributed by atoms with van der Waals surface area (Å²) in [6, 6.07) is 1.93. The van der Waals surface area contributed by atoms with Gasteiger partial charge in [0.15, 0.2) is 0 Å². The van der Waals surface area contributed by atoms with E-state index < -0.39 is 5.41 Å². The zero-order valence-corrected chi connectivity index (χ0v) is 9.43. The fourth-order valence-electron chi connectivity index (χ4n) is 1.69. The number of primary amides is 1. The summed E-state index contributed by atoms with van der Waals surface area (Å²) in [6.07, 6.45) is 4.55. The summed E-state index contributed by atoms with van der Waals surface area (Å²) in [4.78, 5) is 11.6. The maximum Gasteiger partial charge on any atom is 0.228 e. The van der Waals surface area contributed by atoms with Gasteiger partial charge in [0.25, 0.3) is 0 Å². The lowest BCUT2D eigenvalue weighted by molar-refractivity contribution is -0.123. The van der Waals surface area contributed by atoms with Gasteiger partial charge in [-0.05, 0) is 35.2 Å². The fraction of sp³-hybridized carbons (Fsp3) is 0.250. The van der Waals surface area contributed by atoms with E-state index in [4.69, 9.17) is 5.73 Å². The van der Waals surface area contributed by atoms with Gasteiger partial charge >= 0.3 is 0 Å². The van der Waals surface area contributed by atoms with Gasteiger partial charge in [-0.3, -0.25) is 4.79 Å². The number of carbonyl (C=O) groups is 1. The van der Waals surface area contributed by atoms with Crippen molar-refractivity contribution >= 4 is 17.2 Å². The van der Waals surface area contributed by atoms with Crippen LogP contribution in [0.25, 0.3) is 0 Å². The van der Waals surface area contributed by atoms with E-state index in [2.05, 4.69) is 13.2 Å². The van der Waals surface area contributed by atoms with Crippen LogP contribution in [0.3, 0.4) is 0 Å². The number of hydrogen-bond donors (Lipinski definition) is 1. The van der Waals surface area contributed by atoms with Crippen LogP contribution in [0.2, 0.25) is 0 Å². The van der Waals surface area contributed by atoms with Crippen molar-refractivity contribution < 1.29 is 4.79 Å². The molecule has 2 N–H and O–H groups in total. The average Bonchev–Trinajstić information content (AvgIpc) is 2.70. The highest BCUT2D eigenvalue weighted by atomic mass is 32.1. The normalized spacial score (nSPS) is 10.9. The third-order valence-corrected chi connectivity index (χ3v) is 3.21. The minimum absolute atomic E-state index is 0.319. The van der Waals surface area contributed by atoms with E-state index >= 15 is 0 Å². The van der Waals surface area contributed by atoms with Gasteiger partial charge in [0, 0.05) is 0 Å². The minimum atomic E-state index is -0.663. The molecule has 1 rings (SSSR count). The van der Waals surface area contributed by atoms with Gasteiger partial charge in [-0.1, -0.05) is 12.2 Å². The molecule has 0 aliphatic carbocycles. The summed E-state index contributed by atoms with van der Waals surface area (Å²) in [5.41, 5.74) is 5.80. The van der Waals surface area contributed by atoms with Crippen LogP contribution in [0.15, 0.2) is 42.1 Å². The third kappa shape index (κ3) is 2.18. The molecule has 0 radical (unpaired) electrons. The van der Waals surface area contributed by atoms with E-state index in [1.807, 2.05) is 16.8 Å². The quantitative estimate of drug-likeness (QED) is 0.737. The molecule has 1 amide bonds. The van der Waals surface area contributed by atoms with Crippen LogP contribution in [0.5, 0.6) is 0 Å². The molecule has 0 bridgehead atoms. The highest BCUT2D eigenvalue weighted by Crippen LogP contribution is 2.33. The number of amides is 1. The van der Waals surface area contributed by atoms with E-state index in [9.17, 15) is 4.79 Å². The van der Waals surface area contributed by atoms with E-state index in [0.717, 1.165) is 5.56 Å². The Balaban J connectivity index is 3.18. The maximum absolute atomic E-state index is 11.6. The second-order valence-electron chi connectivity index (χ2n) is 3.44. The van der Waals surface area contributed by atoms with Gasteiger partial charge in [-0.15, -0.1) is 13.2 Å². The van der Waals surface area contributed by atoms with E-state index in [-0.39, 0.29) is 5.91 Å². The molecule has 0 atom stereocenters. The predicted molar refractivity (Wildman–Crippen MR) is 64.8 cm³/mol. The Hall–Kier alpha value is -1.35. The molecule has 0 aliphatic rings. The molecule has 3 heteroatoms. The maximum atomic E-state index is 11.6. The standard InChI is InChI=1S/C12H15NOS/c1-3-6-12(7-4-2,11(13)14)10-5-8-15-9-10/h3-5,8-9H,1-2,6-7H2,(H2,13,14). The van der Waals surface area contributed by atoms with Crippen LogP contribution in [0.4, 0.5) is 0 Å². The third-order valence-electron chi connectivity index (χ3n) is 2.53. The SMILES string of the molecule is C=CCC(CC=C)(C(N)=O)c1ccsc1. The summed E-state index contributed by atoms with van der Waals surface area (Å²) >= 11 is 1.56. The van der Waals surface area contributed by atoms with Crippen molar-refractivity contribution in [1.29, 1.82) is 0 Å². The van der Waals surface area contributed by atoms with E-state index in [1.54, 1.807) is 23.5 Å². The Labute approximate surface area is 94.1 Å². The molecule has 1 aromatic heterocycles. The fourth-order valence-corrected chi connectivity index (χ4v) is 2.45. The monoisotopic (exact) mass is 221 g/mol. The van der Waals surface area contributed by atoms with Crippen LogP contribution in [-0.2, 0) is 10.2 Å². The lowest BCUT2D eigenvalue weighted by Crippen LogP contribution is -2.40. The van der Waals surface area contributed by atoms with E-state index in [0.29, 0.717) is 12.8 Å². The first-order valence-electron chi connectivity index (χ1n) is 4.71. The average molecular weight is 221 g/mol. The Morgan fingerprint density at radius 2 is 2.07 bits per heavy atom. The molecular weight excluding hydrogens is 206 g/mol. The zero-order chi connectivity index (χ0) is 11.3. The summed E-state index contributed by atoms with van der Waals surface area (Å²) in [5, 5.41) is 3.90. The number of thiophene rings is 1. The van der Waals surface area contributed by atoms with Crippen LogP contribution in [0, 0.1) is 0 Å². The molecule has 0 saturated carbocycles. The first-order valence-corrected chi connectivity index (χ1v) is 5.66. The van der Waals surface area contributed by atoms with Crippen molar-refractivity contribution in [3.63, 3.8) is 0 Å². The molecule has 0 unspecified atom stereocenters. The van der Waals surface area contributed by atoms with Crippen LogP contribution in [0.1, 0.15) is 18.4 Å². The minimum Gasteiger partial charge on any atom is -0.369 e. The van der Waals surface area contributed by atoms with Gasteiger partial charge in [0.2, 0.25) is 5.91 Å². The van der Waals surface area contributed by atoms with Crippen LogP contribution < -0.4 is 5.73 Å². The van der Waals surface area contributed by atoms with Gasteiger partial charge in [0.05, 0.1) is 5.41 Å². The van der Waals surface area contributed by atoms with Gasteiger partial charge in [0.1, 0.15) is 0 Å². The largest absolute Gasteiger partial charge is 0.369 e. The Kier molecular flexibility index (Phi) is 3.86. The van der Waals surface area contributed by atoms with Gasteiger partial charge < -0.3 is 5.73 Å². The van der Waals surface area contributed by atoms with E-state index in [1.165, 1.54) is 0 Å². The molecule has 1 heterocycles. The Morgan fingerprint density at radius 3 is 2.40 bits per heavy atom. The molecule has 15 heavy (non-hydrogen) atoms. The molecule has 1 aromatic rings. The topological polar surface area (TPSA) is 43.1 Å². The molecule has 0 spiro atoms. The Bertz CT molecular complexity index is 344. The summed E-state index contributed by atoms with van der Waals surface area (Å²) in [7, 11) is 0. The highest BCUT2D eigenvalue weighted by molar-refractivity contribution is 7.08. The summed E-state index contributed by atoms with van der Waals surface area (Å²) in [5.74, 6) is -0.319. The van der Waals surface area contributed by atoms with Gasteiger partial charge in [-0.25, -0.2) is 0 Å². The number of nitrogens with two attached hydrogens (primary N) is 1. The van der Waals surface area contributed by atoms with Crippen molar-refractivity contribution in [3.8, 4) is 0 Å². The number of carbonyl (C=O) groups excluding carboxylic acids is 1. The van der Waals surface area contributed by atoms with Crippen molar-refractivity contribution in [2.24, 2.45) is 5.73 Å². The van der Waals surface area contributed by atoms with Crippen LogP contribution >= 0.6 is 11.3 Å². The first-order chi connectivity index (χ1) is 7.17. The molecular formula is C12H15NOS. The molecule has 0 aliphatic heterocycles. The lowest BCUT2D eigenvalue weighted by atomic mass is 9.75.